The van der Waals surface area contributed by atoms with E-state index in [9.17, 15) is 4.79 Å². The molecule has 1 aromatic rings. The molecule has 0 saturated carbocycles. The Morgan fingerprint density at radius 1 is 1.39 bits per heavy atom. The fourth-order valence-electron chi connectivity index (χ4n) is 1.97. The molecule has 96 valence electrons. The van der Waals surface area contributed by atoms with Gasteiger partial charge in [-0.05, 0) is 11.1 Å². The molecule has 1 aliphatic rings. The summed E-state index contributed by atoms with van der Waals surface area (Å²) >= 11 is 0. The van der Waals surface area contributed by atoms with Crippen LogP contribution in [0.25, 0.3) is 0 Å². The van der Waals surface area contributed by atoms with Crippen LogP contribution in [0.4, 0.5) is 4.79 Å². The fraction of sp³-hybridized carbons (Fsp3) is 0.357. The van der Waals surface area contributed by atoms with E-state index in [1.54, 1.807) is 6.08 Å². The summed E-state index contributed by atoms with van der Waals surface area (Å²) in [6.45, 7) is 5.16. The summed E-state index contributed by atoms with van der Waals surface area (Å²) in [5.41, 5.74) is 2.55. The third-order valence-corrected chi connectivity index (χ3v) is 2.94. The molecule has 1 aliphatic heterocycles. The van der Waals surface area contributed by atoms with Crippen LogP contribution in [-0.2, 0) is 17.8 Å². The Bertz CT molecular complexity index is 432. The minimum Gasteiger partial charge on any atom is -0.371 e. The van der Waals surface area contributed by atoms with Crippen molar-refractivity contribution in [1.29, 1.82) is 0 Å². The van der Waals surface area contributed by atoms with Crippen molar-refractivity contribution in [2.24, 2.45) is 0 Å². The summed E-state index contributed by atoms with van der Waals surface area (Å²) in [7, 11) is 0. The molecule has 1 unspecified atom stereocenters. The molecule has 1 atom stereocenters. The van der Waals surface area contributed by atoms with Gasteiger partial charge in [-0.1, -0.05) is 30.3 Å². The lowest BCUT2D eigenvalue weighted by Gasteiger charge is -2.25. The molecule has 0 saturated heterocycles. The van der Waals surface area contributed by atoms with Gasteiger partial charge < -0.3 is 15.4 Å². The number of nitrogens with one attached hydrogen (secondary N) is 2. The summed E-state index contributed by atoms with van der Waals surface area (Å²) in [5, 5.41) is 5.46. The highest BCUT2D eigenvalue weighted by molar-refractivity contribution is 5.73. The van der Waals surface area contributed by atoms with E-state index in [0.29, 0.717) is 19.7 Å². The summed E-state index contributed by atoms with van der Waals surface area (Å²) in [4.78, 5) is 11.4. The molecule has 0 bridgehead atoms. The molecule has 1 heterocycles. The van der Waals surface area contributed by atoms with E-state index in [1.165, 1.54) is 11.1 Å². The number of rotatable bonds is 4. The van der Waals surface area contributed by atoms with Gasteiger partial charge >= 0.3 is 6.03 Å². The summed E-state index contributed by atoms with van der Waals surface area (Å²) in [6, 6.07) is 8.06. The first-order valence-corrected chi connectivity index (χ1v) is 6.10. The van der Waals surface area contributed by atoms with Gasteiger partial charge in [-0.15, -0.1) is 6.58 Å². The summed E-state index contributed by atoms with van der Waals surface area (Å²) < 4.78 is 5.70. The Morgan fingerprint density at radius 3 is 2.94 bits per heavy atom. The number of amides is 2. The normalized spacial score (nSPS) is 17.7. The quantitative estimate of drug-likeness (QED) is 0.793. The fourth-order valence-corrected chi connectivity index (χ4v) is 1.97. The second-order valence-electron chi connectivity index (χ2n) is 4.29. The van der Waals surface area contributed by atoms with Crippen LogP contribution in [-0.4, -0.2) is 25.2 Å². The Kier molecular flexibility index (Phi) is 4.36. The van der Waals surface area contributed by atoms with E-state index in [0.717, 1.165) is 6.42 Å². The highest BCUT2D eigenvalue weighted by atomic mass is 16.5. The maximum absolute atomic E-state index is 11.4. The van der Waals surface area contributed by atoms with Crippen molar-refractivity contribution >= 4 is 6.03 Å². The Labute approximate surface area is 107 Å². The predicted octanol–water partition coefficient (Wildman–Crippen LogP) is 1.61. The third-order valence-electron chi connectivity index (χ3n) is 2.94. The first kappa shape index (κ1) is 12.6. The monoisotopic (exact) mass is 246 g/mol. The Morgan fingerprint density at radius 2 is 2.17 bits per heavy atom. The van der Waals surface area contributed by atoms with Crippen LogP contribution in [0.3, 0.4) is 0 Å². The second kappa shape index (κ2) is 6.21. The SMILES string of the molecule is C=CCNC(=O)NCC1Cc2ccccc2CO1. The van der Waals surface area contributed by atoms with Crippen LogP contribution in [0.15, 0.2) is 36.9 Å². The number of carbonyl (C=O) groups is 1. The molecule has 0 aromatic heterocycles. The minimum absolute atomic E-state index is 0.0504. The van der Waals surface area contributed by atoms with Gasteiger partial charge in [0.25, 0.3) is 0 Å². The number of benzene rings is 1. The first-order valence-electron chi connectivity index (χ1n) is 6.10. The molecule has 0 fully saturated rings. The van der Waals surface area contributed by atoms with E-state index in [4.69, 9.17) is 4.74 Å². The van der Waals surface area contributed by atoms with Crippen LogP contribution in [0, 0.1) is 0 Å². The molecule has 2 rings (SSSR count). The highest BCUT2D eigenvalue weighted by Crippen LogP contribution is 2.19. The molecular formula is C14H18N2O2. The molecule has 4 heteroatoms. The highest BCUT2D eigenvalue weighted by Gasteiger charge is 2.18. The van der Waals surface area contributed by atoms with Gasteiger partial charge in [-0.25, -0.2) is 4.79 Å². The lowest BCUT2D eigenvalue weighted by molar-refractivity contribution is 0.0306. The van der Waals surface area contributed by atoms with E-state index in [2.05, 4.69) is 29.3 Å². The average Bonchev–Trinajstić information content (AvgIpc) is 2.42. The van der Waals surface area contributed by atoms with Crippen LogP contribution in [0.2, 0.25) is 0 Å². The topological polar surface area (TPSA) is 50.4 Å². The maximum Gasteiger partial charge on any atom is 0.315 e. The third kappa shape index (κ3) is 3.34. The van der Waals surface area contributed by atoms with Crippen molar-refractivity contribution < 1.29 is 9.53 Å². The van der Waals surface area contributed by atoms with Gasteiger partial charge in [0.15, 0.2) is 0 Å². The van der Waals surface area contributed by atoms with Crippen LogP contribution in [0.5, 0.6) is 0 Å². The van der Waals surface area contributed by atoms with Crippen LogP contribution in [0.1, 0.15) is 11.1 Å². The number of fused-ring (bicyclic) bond motifs is 1. The lowest BCUT2D eigenvalue weighted by atomic mass is 9.99. The van der Waals surface area contributed by atoms with Crippen molar-refractivity contribution in [3.8, 4) is 0 Å². The Hall–Kier alpha value is -1.81. The van der Waals surface area contributed by atoms with Crippen molar-refractivity contribution in [2.75, 3.05) is 13.1 Å². The molecular weight excluding hydrogens is 228 g/mol. The minimum atomic E-state index is -0.183. The zero-order valence-electron chi connectivity index (χ0n) is 10.3. The van der Waals surface area contributed by atoms with Gasteiger partial charge in [-0.2, -0.15) is 0 Å². The zero-order valence-corrected chi connectivity index (χ0v) is 10.3. The van der Waals surface area contributed by atoms with Crippen molar-refractivity contribution in [1.82, 2.24) is 10.6 Å². The molecule has 4 nitrogen and oxygen atoms in total. The standard InChI is InChI=1S/C14H18N2O2/c1-2-7-15-14(17)16-9-13-8-11-5-3-4-6-12(11)10-18-13/h2-6,13H,1,7-10H2,(H2,15,16,17). The van der Waals surface area contributed by atoms with E-state index in [1.807, 2.05) is 12.1 Å². The van der Waals surface area contributed by atoms with E-state index in [-0.39, 0.29) is 12.1 Å². The van der Waals surface area contributed by atoms with Gasteiger partial charge in [-0.3, -0.25) is 0 Å². The maximum atomic E-state index is 11.4. The lowest BCUT2D eigenvalue weighted by Crippen LogP contribution is -2.42. The number of hydrogen-bond donors (Lipinski definition) is 2. The summed E-state index contributed by atoms with van der Waals surface area (Å²) in [6.07, 6.45) is 2.54. The molecule has 0 spiro atoms. The van der Waals surface area contributed by atoms with Crippen LogP contribution >= 0.6 is 0 Å². The van der Waals surface area contributed by atoms with E-state index < -0.39 is 0 Å². The van der Waals surface area contributed by atoms with Crippen molar-refractivity contribution in [3.63, 3.8) is 0 Å². The number of carbonyl (C=O) groups excluding carboxylic acids is 1. The number of ether oxygens (including phenoxy) is 1. The summed E-state index contributed by atoms with van der Waals surface area (Å²) in [5.74, 6) is 0. The smallest absolute Gasteiger partial charge is 0.315 e. The van der Waals surface area contributed by atoms with Crippen LogP contribution < -0.4 is 10.6 Å². The zero-order chi connectivity index (χ0) is 12.8. The van der Waals surface area contributed by atoms with E-state index >= 15 is 0 Å². The average molecular weight is 246 g/mol. The van der Waals surface area contributed by atoms with Crippen molar-refractivity contribution in [3.05, 3.63) is 48.0 Å². The Balaban J connectivity index is 1.79. The predicted molar refractivity (Wildman–Crippen MR) is 70.3 cm³/mol. The van der Waals surface area contributed by atoms with Gasteiger partial charge in [0.05, 0.1) is 12.7 Å². The second-order valence-corrected chi connectivity index (χ2v) is 4.29. The number of hydrogen-bond acceptors (Lipinski definition) is 2. The molecule has 2 N–H and O–H groups in total. The van der Waals surface area contributed by atoms with Gasteiger partial charge in [0.2, 0.25) is 0 Å². The van der Waals surface area contributed by atoms with Crippen molar-refractivity contribution in [2.45, 2.75) is 19.1 Å². The van der Waals surface area contributed by atoms with Gasteiger partial charge in [0.1, 0.15) is 0 Å². The molecule has 0 aliphatic carbocycles. The largest absolute Gasteiger partial charge is 0.371 e. The molecule has 0 radical (unpaired) electrons. The molecule has 1 aromatic carbocycles. The first-order chi connectivity index (χ1) is 8.79. The van der Waals surface area contributed by atoms with Gasteiger partial charge in [0, 0.05) is 19.5 Å². The molecule has 2 amide bonds. The number of urea groups is 1. The molecule has 18 heavy (non-hydrogen) atoms.